The summed E-state index contributed by atoms with van der Waals surface area (Å²) in [6.45, 7) is 0. The van der Waals surface area contributed by atoms with Gasteiger partial charge in [-0.05, 0) is 12.1 Å². The maximum absolute atomic E-state index is 12.3. The zero-order valence-electron chi connectivity index (χ0n) is 13.9. The molecule has 0 unspecified atom stereocenters. The second kappa shape index (κ2) is 8.34. The van der Waals surface area contributed by atoms with Crippen molar-refractivity contribution in [2.24, 2.45) is 0 Å². The lowest BCUT2D eigenvalue weighted by Gasteiger charge is -2.07. The smallest absolute Gasteiger partial charge is 0.344 e. The summed E-state index contributed by atoms with van der Waals surface area (Å²) in [4.78, 5) is 43.7. The van der Waals surface area contributed by atoms with Crippen LogP contribution >= 0.6 is 0 Å². The molecule has 10 heteroatoms. The third kappa shape index (κ3) is 4.95. The van der Waals surface area contributed by atoms with E-state index in [-0.39, 0.29) is 11.3 Å². The molecule has 0 fully saturated rings. The Morgan fingerprint density at radius 2 is 1.59 bits per heavy atom. The molecule has 2 rings (SSSR count). The Bertz CT molecular complexity index is 919. The minimum atomic E-state index is -1.03. The highest BCUT2D eigenvalue weighted by molar-refractivity contribution is 5.93. The molecule has 138 valence electrons. The SMILES string of the molecule is COC(=O)/C=C/c1ccccc1OC(=O)c1cc([N+](=O)[O-])cc([N+](=O)[O-])c1. The van der Waals surface area contributed by atoms with Crippen molar-refractivity contribution in [3.63, 3.8) is 0 Å². The molecule has 0 spiro atoms. The van der Waals surface area contributed by atoms with Crippen LogP contribution in [-0.4, -0.2) is 28.9 Å². The lowest BCUT2D eigenvalue weighted by Crippen LogP contribution is -2.10. The van der Waals surface area contributed by atoms with E-state index >= 15 is 0 Å². The summed E-state index contributed by atoms with van der Waals surface area (Å²) in [6.07, 6.45) is 2.47. The highest BCUT2D eigenvalue weighted by Crippen LogP contribution is 2.25. The highest BCUT2D eigenvalue weighted by Gasteiger charge is 2.21. The second-order valence-electron chi connectivity index (χ2n) is 5.04. The number of nitro groups is 2. The van der Waals surface area contributed by atoms with Crippen LogP contribution in [0.5, 0.6) is 5.75 Å². The number of benzene rings is 2. The molecule has 27 heavy (non-hydrogen) atoms. The first-order valence-corrected chi connectivity index (χ1v) is 7.33. The number of esters is 2. The van der Waals surface area contributed by atoms with Crippen molar-refractivity contribution >= 4 is 29.4 Å². The van der Waals surface area contributed by atoms with Gasteiger partial charge in [0.25, 0.3) is 11.4 Å². The molecular weight excluding hydrogens is 360 g/mol. The number of hydrogen-bond acceptors (Lipinski definition) is 8. The minimum Gasteiger partial charge on any atom is -0.466 e. The number of carbonyl (C=O) groups excluding carboxylic acids is 2. The van der Waals surface area contributed by atoms with E-state index in [0.29, 0.717) is 5.56 Å². The Balaban J connectivity index is 2.35. The quantitative estimate of drug-likeness (QED) is 0.248. The number of carbonyl (C=O) groups is 2. The molecule has 0 N–H and O–H groups in total. The normalized spacial score (nSPS) is 10.4. The Morgan fingerprint density at radius 3 is 2.15 bits per heavy atom. The van der Waals surface area contributed by atoms with Gasteiger partial charge in [-0.15, -0.1) is 0 Å². The van der Waals surface area contributed by atoms with Crippen LogP contribution < -0.4 is 4.74 Å². The molecule has 0 aliphatic rings. The second-order valence-corrected chi connectivity index (χ2v) is 5.04. The number of rotatable bonds is 6. The van der Waals surface area contributed by atoms with Crippen LogP contribution in [0.25, 0.3) is 6.08 Å². The van der Waals surface area contributed by atoms with Gasteiger partial charge in [0.05, 0.1) is 28.6 Å². The zero-order chi connectivity index (χ0) is 20.0. The van der Waals surface area contributed by atoms with E-state index in [2.05, 4.69) is 4.74 Å². The average Bonchev–Trinajstić information content (AvgIpc) is 2.66. The van der Waals surface area contributed by atoms with Gasteiger partial charge in [-0.25, -0.2) is 9.59 Å². The van der Waals surface area contributed by atoms with E-state index in [9.17, 15) is 29.8 Å². The molecule has 0 bridgehead atoms. The number of ether oxygens (including phenoxy) is 2. The van der Waals surface area contributed by atoms with Crippen LogP contribution in [0.3, 0.4) is 0 Å². The Kier molecular flexibility index (Phi) is 5.94. The fraction of sp³-hybridized carbons (Fsp3) is 0.0588. The van der Waals surface area contributed by atoms with Crippen molar-refractivity contribution in [2.45, 2.75) is 0 Å². The first kappa shape index (κ1) is 19.2. The van der Waals surface area contributed by atoms with Gasteiger partial charge in [-0.2, -0.15) is 0 Å². The van der Waals surface area contributed by atoms with E-state index in [0.717, 1.165) is 24.3 Å². The summed E-state index contributed by atoms with van der Waals surface area (Å²) in [6, 6.07) is 8.67. The molecule has 0 saturated heterocycles. The van der Waals surface area contributed by atoms with Crippen molar-refractivity contribution in [1.29, 1.82) is 0 Å². The molecule has 10 nitrogen and oxygen atoms in total. The van der Waals surface area contributed by atoms with Gasteiger partial charge in [-0.1, -0.05) is 18.2 Å². The fourth-order valence-electron chi connectivity index (χ4n) is 2.02. The van der Waals surface area contributed by atoms with Gasteiger partial charge in [0, 0.05) is 23.8 Å². The van der Waals surface area contributed by atoms with Crippen LogP contribution in [0.1, 0.15) is 15.9 Å². The molecular formula is C17H12N2O8. The van der Waals surface area contributed by atoms with Gasteiger partial charge in [0.1, 0.15) is 5.75 Å². The topological polar surface area (TPSA) is 139 Å². The molecule has 0 aliphatic carbocycles. The molecule has 2 aromatic carbocycles. The molecule has 0 amide bonds. The molecule has 0 aromatic heterocycles. The average molecular weight is 372 g/mol. The molecule has 2 aromatic rings. The van der Waals surface area contributed by atoms with Crippen molar-refractivity contribution in [3.8, 4) is 5.75 Å². The summed E-state index contributed by atoms with van der Waals surface area (Å²) in [5.74, 6) is -1.59. The number of nitro benzene ring substituents is 2. The zero-order valence-corrected chi connectivity index (χ0v) is 13.9. The predicted octanol–water partition coefficient (Wildman–Crippen LogP) is 2.91. The molecule has 0 atom stereocenters. The van der Waals surface area contributed by atoms with Crippen molar-refractivity contribution in [3.05, 3.63) is 79.9 Å². The van der Waals surface area contributed by atoms with E-state index in [4.69, 9.17) is 4.74 Å². The summed E-state index contributed by atoms with van der Waals surface area (Å²) >= 11 is 0. The van der Waals surface area contributed by atoms with Gasteiger partial charge in [0.15, 0.2) is 0 Å². The van der Waals surface area contributed by atoms with Gasteiger partial charge < -0.3 is 9.47 Å². The Morgan fingerprint density at radius 1 is 1.00 bits per heavy atom. The van der Waals surface area contributed by atoms with E-state index in [1.807, 2.05) is 0 Å². The fourth-order valence-corrected chi connectivity index (χ4v) is 2.02. The lowest BCUT2D eigenvalue weighted by atomic mass is 10.1. The summed E-state index contributed by atoms with van der Waals surface area (Å²) in [5.41, 5.74) is -1.23. The predicted molar refractivity (Wildman–Crippen MR) is 92.2 cm³/mol. The third-order valence-electron chi connectivity index (χ3n) is 3.28. The Labute approximate surface area is 151 Å². The molecule has 0 heterocycles. The number of nitrogens with zero attached hydrogens (tertiary/aromatic N) is 2. The van der Waals surface area contributed by atoms with Crippen LogP contribution in [0.2, 0.25) is 0 Å². The highest BCUT2D eigenvalue weighted by atomic mass is 16.6. The largest absolute Gasteiger partial charge is 0.466 e. The van der Waals surface area contributed by atoms with Gasteiger partial charge in [0.2, 0.25) is 0 Å². The van der Waals surface area contributed by atoms with Gasteiger partial charge in [-0.3, -0.25) is 20.2 Å². The lowest BCUT2D eigenvalue weighted by molar-refractivity contribution is -0.394. The number of para-hydroxylation sites is 1. The Hall–Kier alpha value is -4.08. The van der Waals surface area contributed by atoms with Crippen molar-refractivity contribution in [1.82, 2.24) is 0 Å². The van der Waals surface area contributed by atoms with Crippen LogP contribution in [-0.2, 0) is 9.53 Å². The molecule has 0 aliphatic heterocycles. The van der Waals surface area contributed by atoms with E-state index in [1.54, 1.807) is 18.2 Å². The van der Waals surface area contributed by atoms with E-state index in [1.165, 1.54) is 19.3 Å². The number of methoxy groups -OCH3 is 1. The minimum absolute atomic E-state index is 0.0526. The van der Waals surface area contributed by atoms with Crippen molar-refractivity contribution < 1.29 is 28.9 Å². The number of hydrogen-bond donors (Lipinski definition) is 0. The maximum Gasteiger partial charge on any atom is 0.344 e. The van der Waals surface area contributed by atoms with E-state index < -0.39 is 33.2 Å². The maximum atomic E-state index is 12.3. The summed E-state index contributed by atoms with van der Waals surface area (Å²) < 4.78 is 9.65. The van der Waals surface area contributed by atoms with Gasteiger partial charge >= 0.3 is 11.9 Å². The summed E-state index contributed by atoms with van der Waals surface area (Å²) in [5, 5.41) is 21.8. The van der Waals surface area contributed by atoms with Crippen LogP contribution in [0.4, 0.5) is 11.4 Å². The molecule has 0 radical (unpaired) electrons. The van der Waals surface area contributed by atoms with Crippen molar-refractivity contribution in [2.75, 3.05) is 7.11 Å². The van der Waals surface area contributed by atoms with Crippen LogP contribution in [0, 0.1) is 20.2 Å². The number of non-ortho nitro benzene ring substituents is 2. The monoisotopic (exact) mass is 372 g/mol. The first-order chi connectivity index (χ1) is 12.8. The van der Waals surface area contributed by atoms with Crippen LogP contribution in [0.15, 0.2) is 48.5 Å². The molecule has 0 saturated carbocycles. The first-order valence-electron chi connectivity index (χ1n) is 7.33. The summed E-state index contributed by atoms with van der Waals surface area (Å²) in [7, 11) is 1.20. The third-order valence-corrected chi connectivity index (χ3v) is 3.28. The standard InChI is InChI=1S/C17H12N2O8/c1-26-16(20)7-6-11-4-2-3-5-15(11)27-17(21)12-8-13(18(22)23)10-14(9-12)19(24)25/h2-10H,1H3/b7-6+.